The van der Waals surface area contributed by atoms with Gasteiger partial charge in [0, 0.05) is 6.04 Å². The van der Waals surface area contributed by atoms with Gasteiger partial charge in [0.2, 0.25) is 15.9 Å². The second-order valence-corrected chi connectivity index (χ2v) is 8.69. The molecular weight excluding hydrogens is 364 g/mol. The van der Waals surface area contributed by atoms with Crippen molar-refractivity contribution in [3.63, 3.8) is 0 Å². The van der Waals surface area contributed by atoms with E-state index >= 15 is 0 Å². The number of rotatable bonds is 8. The molecule has 0 bridgehead atoms. The van der Waals surface area contributed by atoms with Crippen molar-refractivity contribution in [3.8, 4) is 11.5 Å². The van der Waals surface area contributed by atoms with Crippen molar-refractivity contribution in [2.75, 3.05) is 17.1 Å². The normalized spacial score (nSPS) is 12.5. The zero-order valence-corrected chi connectivity index (χ0v) is 16.9. The van der Waals surface area contributed by atoms with Gasteiger partial charge in [-0.3, -0.25) is 9.10 Å². The van der Waals surface area contributed by atoms with Crippen molar-refractivity contribution in [3.05, 3.63) is 54.6 Å². The molecule has 0 unspecified atom stereocenters. The van der Waals surface area contributed by atoms with Crippen molar-refractivity contribution < 1.29 is 17.9 Å². The zero-order chi connectivity index (χ0) is 20.0. The molecule has 1 amide bonds. The van der Waals surface area contributed by atoms with Crippen LogP contribution >= 0.6 is 0 Å². The maximum Gasteiger partial charge on any atom is 0.240 e. The van der Waals surface area contributed by atoms with E-state index in [0.29, 0.717) is 17.2 Å². The third-order valence-corrected chi connectivity index (χ3v) is 5.32. The number of carbonyl (C=O) groups excluding carboxylic acids is 1. The highest BCUT2D eigenvalue weighted by atomic mass is 32.2. The zero-order valence-electron chi connectivity index (χ0n) is 16.0. The molecule has 2 aromatic carbocycles. The molecule has 6 nitrogen and oxygen atoms in total. The number of sulfonamides is 1. The Bertz CT molecular complexity index is 849. The number of hydrogen-bond donors (Lipinski definition) is 1. The van der Waals surface area contributed by atoms with Gasteiger partial charge >= 0.3 is 0 Å². The fourth-order valence-electron chi connectivity index (χ4n) is 2.30. The Balaban J connectivity index is 2.13. The molecule has 27 heavy (non-hydrogen) atoms. The molecule has 0 aliphatic rings. The summed E-state index contributed by atoms with van der Waals surface area (Å²) in [6.45, 7) is 5.60. The third kappa shape index (κ3) is 6.29. The summed E-state index contributed by atoms with van der Waals surface area (Å²) in [5.41, 5.74) is 0.408. The van der Waals surface area contributed by atoms with Crippen molar-refractivity contribution in [1.82, 2.24) is 5.32 Å². The van der Waals surface area contributed by atoms with Gasteiger partial charge in [0.25, 0.3) is 0 Å². The van der Waals surface area contributed by atoms with E-state index in [4.69, 9.17) is 4.74 Å². The lowest BCUT2D eigenvalue weighted by atomic mass is 10.1. The molecular formula is C20H26N2O4S. The van der Waals surface area contributed by atoms with Crippen LogP contribution in [0.3, 0.4) is 0 Å². The van der Waals surface area contributed by atoms with Crippen LogP contribution in [0.4, 0.5) is 5.69 Å². The highest BCUT2D eigenvalue weighted by Gasteiger charge is 2.22. The predicted molar refractivity (Wildman–Crippen MR) is 108 cm³/mol. The maximum absolute atomic E-state index is 12.3. The highest BCUT2D eigenvalue weighted by molar-refractivity contribution is 7.92. The van der Waals surface area contributed by atoms with Gasteiger partial charge in [-0.05, 0) is 49.2 Å². The number of nitrogens with one attached hydrogen (secondary N) is 1. The minimum absolute atomic E-state index is 0.0411. The molecule has 0 radical (unpaired) electrons. The minimum Gasteiger partial charge on any atom is -0.457 e. The fraction of sp³-hybridized carbons (Fsp3) is 0.350. The van der Waals surface area contributed by atoms with Gasteiger partial charge in [-0.1, -0.05) is 32.0 Å². The van der Waals surface area contributed by atoms with Crippen LogP contribution in [0.5, 0.6) is 11.5 Å². The number of hydrogen-bond acceptors (Lipinski definition) is 4. The molecule has 2 rings (SSSR count). The molecule has 1 atom stereocenters. The van der Waals surface area contributed by atoms with E-state index < -0.39 is 10.0 Å². The van der Waals surface area contributed by atoms with Crippen LogP contribution < -0.4 is 14.4 Å². The molecule has 7 heteroatoms. The van der Waals surface area contributed by atoms with E-state index in [-0.39, 0.29) is 24.4 Å². The average molecular weight is 391 g/mol. The molecule has 1 N–H and O–H groups in total. The molecule has 0 fully saturated rings. The lowest BCUT2D eigenvalue weighted by Gasteiger charge is -2.24. The van der Waals surface area contributed by atoms with E-state index in [1.54, 1.807) is 24.3 Å². The number of nitrogens with zero attached hydrogens (tertiary/aromatic N) is 1. The van der Waals surface area contributed by atoms with Gasteiger partial charge in [0.15, 0.2) is 0 Å². The van der Waals surface area contributed by atoms with Crippen LogP contribution in [-0.2, 0) is 14.8 Å². The fourth-order valence-corrected chi connectivity index (χ4v) is 3.16. The Morgan fingerprint density at radius 2 is 1.56 bits per heavy atom. The summed E-state index contributed by atoms with van der Waals surface area (Å²) in [7, 11) is -3.61. The van der Waals surface area contributed by atoms with E-state index in [2.05, 4.69) is 5.32 Å². The Hall–Kier alpha value is -2.54. The van der Waals surface area contributed by atoms with Crippen LogP contribution in [0.1, 0.15) is 20.8 Å². The molecule has 0 spiro atoms. The van der Waals surface area contributed by atoms with Crippen LogP contribution in [0.15, 0.2) is 54.6 Å². The Morgan fingerprint density at radius 3 is 2.07 bits per heavy atom. The number of carbonyl (C=O) groups is 1. The van der Waals surface area contributed by atoms with Gasteiger partial charge in [-0.2, -0.15) is 0 Å². The van der Waals surface area contributed by atoms with Gasteiger partial charge < -0.3 is 10.1 Å². The summed E-state index contributed by atoms with van der Waals surface area (Å²) in [4.78, 5) is 12.3. The second-order valence-electron chi connectivity index (χ2n) is 6.78. The molecule has 0 aromatic heterocycles. The molecule has 0 saturated carbocycles. The summed E-state index contributed by atoms with van der Waals surface area (Å²) >= 11 is 0. The van der Waals surface area contributed by atoms with Crippen LogP contribution in [0.25, 0.3) is 0 Å². The molecule has 0 heterocycles. The van der Waals surface area contributed by atoms with E-state index in [9.17, 15) is 13.2 Å². The summed E-state index contributed by atoms with van der Waals surface area (Å²) in [6, 6.07) is 15.8. The van der Waals surface area contributed by atoms with Crippen molar-refractivity contribution in [1.29, 1.82) is 0 Å². The topological polar surface area (TPSA) is 75.7 Å². The lowest BCUT2D eigenvalue weighted by molar-refractivity contribution is -0.120. The standard InChI is InChI=1S/C20H26N2O4S/c1-15(2)16(3)21-20(23)14-22(27(4,24)25)17-10-12-19(13-11-17)26-18-8-6-5-7-9-18/h5-13,15-16H,14H2,1-4H3,(H,21,23)/t16-/m1/s1. The molecule has 146 valence electrons. The van der Waals surface area contributed by atoms with Gasteiger partial charge in [-0.15, -0.1) is 0 Å². The van der Waals surface area contributed by atoms with Crippen LogP contribution in [-0.4, -0.2) is 33.2 Å². The molecule has 0 aliphatic heterocycles. The van der Waals surface area contributed by atoms with Crippen LogP contribution in [0.2, 0.25) is 0 Å². The molecule has 0 saturated heterocycles. The summed E-state index contributed by atoms with van der Waals surface area (Å²) in [5, 5.41) is 2.83. The van der Waals surface area contributed by atoms with Gasteiger partial charge in [-0.25, -0.2) is 8.42 Å². The van der Waals surface area contributed by atoms with E-state index in [1.165, 1.54) is 0 Å². The van der Waals surface area contributed by atoms with Crippen molar-refractivity contribution in [2.45, 2.75) is 26.8 Å². The predicted octanol–water partition coefficient (Wildman–Crippen LogP) is 3.41. The lowest BCUT2D eigenvalue weighted by Crippen LogP contribution is -2.44. The van der Waals surface area contributed by atoms with Crippen molar-refractivity contribution in [2.24, 2.45) is 5.92 Å². The first kappa shape index (κ1) is 20.8. The van der Waals surface area contributed by atoms with Crippen molar-refractivity contribution >= 4 is 21.6 Å². The first-order valence-electron chi connectivity index (χ1n) is 8.77. The number of para-hydroxylation sites is 1. The number of benzene rings is 2. The number of ether oxygens (including phenoxy) is 1. The maximum atomic E-state index is 12.3. The second kappa shape index (κ2) is 8.90. The summed E-state index contributed by atoms with van der Waals surface area (Å²) in [5.74, 6) is 1.19. The third-order valence-electron chi connectivity index (χ3n) is 4.18. The summed E-state index contributed by atoms with van der Waals surface area (Å²) in [6.07, 6.45) is 1.08. The molecule has 2 aromatic rings. The first-order valence-corrected chi connectivity index (χ1v) is 10.6. The van der Waals surface area contributed by atoms with E-state index in [0.717, 1.165) is 10.6 Å². The monoisotopic (exact) mass is 390 g/mol. The number of amides is 1. The highest BCUT2D eigenvalue weighted by Crippen LogP contribution is 2.25. The Kier molecular flexibility index (Phi) is 6.85. The SMILES string of the molecule is CC(C)[C@@H](C)NC(=O)CN(c1ccc(Oc2ccccc2)cc1)S(C)(=O)=O. The van der Waals surface area contributed by atoms with Gasteiger partial charge in [0.1, 0.15) is 18.0 Å². The smallest absolute Gasteiger partial charge is 0.240 e. The van der Waals surface area contributed by atoms with E-state index in [1.807, 2.05) is 51.1 Å². The Labute approximate surface area is 161 Å². The average Bonchev–Trinajstić information content (AvgIpc) is 2.60. The summed E-state index contributed by atoms with van der Waals surface area (Å²) < 4.78 is 31.2. The Morgan fingerprint density at radius 1 is 1.00 bits per heavy atom. The quantitative estimate of drug-likeness (QED) is 0.749. The van der Waals surface area contributed by atoms with Crippen LogP contribution in [0, 0.1) is 5.92 Å². The number of anilines is 1. The molecule has 0 aliphatic carbocycles. The largest absolute Gasteiger partial charge is 0.457 e. The van der Waals surface area contributed by atoms with Gasteiger partial charge in [0.05, 0.1) is 11.9 Å². The minimum atomic E-state index is -3.61. The first-order chi connectivity index (χ1) is 12.7.